The number of anilines is 1. The van der Waals surface area contributed by atoms with E-state index in [9.17, 15) is 4.79 Å². The van der Waals surface area contributed by atoms with Crippen LogP contribution in [-0.2, 0) is 16.0 Å². The lowest BCUT2D eigenvalue weighted by molar-refractivity contribution is -0.135. The molecular weight excluding hydrogens is 216 g/mol. The van der Waals surface area contributed by atoms with Crippen LogP contribution >= 0.6 is 0 Å². The van der Waals surface area contributed by atoms with Crippen LogP contribution in [0.25, 0.3) is 0 Å². The highest BCUT2D eigenvalue weighted by molar-refractivity contribution is 6.35. The van der Waals surface area contributed by atoms with E-state index in [0.29, 0.717) is 12.3 Å². The van der Waals surface area contributed by atoms with E-state index in [1.165, 1.54) is 5.56 Å². The number of carbonyl (C=O) groups excluding carboxylic acids is 1. The molecule has 1 aromatic rings. The maximum Gasteiger partial charge on any atom is 0.354 e. The second kappa shape index (κ2) is 4.99. The van der Waals surface area contributed by atoms with Gasteiger partial charge in [0.25, 0.3) is 0 Å². The molecule has 1 aliphatic rings. The van der Waals surface area contributed by atoms with Crippen LogP contribution in [-0.4, -0.2) is 24.8 Å². The molecule has 0 aromatic heterocycles. The third-order valence-electron chi connectivity index (χ3n) is 2.70. The van der Waals surface area contributed by atoms with E-state index in [-0.39, 0.29) is 5.97 Å². The van der Waals surface area contributed by atoms with Crippen LogP contribution in [0.3, 0.4) is 0 Å². The average molecular weight is 232 g/mol. The Morgan fingerprint density at radius 2 is 2.24 bits per heavy atom. The summed E-state index contributed by atoms with van der Waals surface area (Å²) in [7, 11) is 0. The molecule has 0 unspecified atom stereocenters. The topological polar surface area (TPSA) is 41.9 Å². The lowest BCUT2D eigenvalue weighted by atomic mass is 10.2. The molecule has 90 valence electrons. The zero-order chi connectivity index (χ0) is 12.3. The standard InChI is InChI=1S/C13H16N2O2/c1-3-17-13(16)10(2)14-15-9-8-11-6-4-5-7-12(11)15/h4-7H,3,8-9H2,1-2H3. The van der Waals surface area contributed by atoms with Crippen molar-refractivity contribution in [3.63, 3.8) is 0 Å². The normalized spacial score (nSPS) is 14.7. The number of hydrogen-bond acceptors (Lipinski definition) is 4. The van der Waals surface area contributed by atoms with Gasteiger partial charge in [-0.1, -0.05) is 18.2 Å². The van der Waals surface area contributed by atoms with Gasteiger partial charge in [0, 0.05) is 6.54 Å². The van der Waals surface area contributed by atoms with Crippen molar-refractivity contribution in [3.05, 3.63) is 29.8 Å². The van der Waals surface area contributed by atoms with Gasteiger partial charge >= 0.3 is 5.97 Å². The molecule has 4 nitrogen and oxygen atoms in total. The van der Waals surface area contributed by atoms with Crippen molar-refractivity contribution < 1.29 is 9.53 Å². The number of para-hydroxylation sites is 1. The van der Waals surface area contributed by atoms with Crippen LogP contribution in [0.2, 0.25) is 0 Å². The van der Waals surface area contributed by atoms with E-state index in [2.05, 4.69) is 11.2 Å². The van der Waals surface area contributed by atoms with E-state index in [1.54, 1.807) is 13.8 Å². The molecule has 0 spiro atoms. The molecule has 0 radical (unpaired) electrons. The lowest BCUT2D eigenvalue weighted by Crippen LogP contribution is -2.21. The summed E-state index contributed by atoms with van der Waals surface area (Å²) in [6.07, 6.45) is 0.968. The van der Waals surface area contributed by atoms with Crippen LogP contribution < -0.4 is 5.01 Å². The van der Waals surface area contributed by atoms with Gasteiger partial charge in [0.05, 0.1) is 12.3 Å². The third-order valence-corrected chi connectivity index (χ3v) is 2.70. The number of hydrazone groups is 1. The Labute approximate surface area is 101 Å². The maximum atomic E-state index is 11.5. The summed E-state index contributed by atoms with van der Waals surface area (Å²) in [6, 6.07) is 8.10. The van der Waals surface area contributed by atoms with E-state index < -0.39 is 0 Å². The van der Waals surface area contributed by atoms with Gasteiger partial charge in [0.15, 0.2) is 0 Å². The second-order valence-corrected chi connectivity index (χ2v) is 3.91. The van der Waals surface area contributed by atoms with E-state index >= 15 is 0 Å². The van der Waals surface area contributed by atoms with Gasteiger partial charge in [-0.3, -0.25) is 5.01 Å². The van der Waals surface area contributed by atoms with Crippen molar-refractivity contribution in [2.75, 3.05) is 18.2 Å². The minimum atomic E-state index is -0.350. The number of esters is 1. The van der Waals surface area contributed by atoms with Crippen LogP contribution in [0.15, 0.2) is 29.4 Å². The van der Waals surface area contributed by atoms with E-state index in [4.69, 9.17) is 4.74 Å². The molecule has 0 saturated heterocycles. The number of fused-ring (bicyclic) bond motifs is 1. The molecule has 1 aliphatic heterocycles. The summed E-state index contributed by atoms with van der Waals surface area (Å²) in [6.45, 7) is 4.66. The Morgan fingerprint density at radius 1 is 1.47 bits per heavy atom. The minimum absolute atomic E-state index is 0.350. The zero-order valence-electron chi connectivity index (χ0n) is 10.1. The Bertz CT molecular complexity index is 454. The van der Waals surface area contributed by atoms with Crippen LogP contribution in [0.1, 0.15) is 19.4 Å². The SMILES string of the molecule is CCOC(=O)C(C)=NN1CCc2ccccc21. The predicted octanol–water partition coefficient (Wildman–Crippen LogP) is 1.99. The molecular formula is C13H16N2O2. The first-order valence-electron chi connectivity index (χ1n) is 5.80. The van der Waals surface area contributed by atoms with Crippen molar-refractivity contribution in [2.45, 2.75) is 20.3 Å². The molecule has 4 heteroatoms. The van der Waals surface area contributed by atoms with Gasteiger partial charge in [-0.05, 0) is 31.9 Å². The van der Waals surface area contributed by atoms with E-state index in [1.807, 2.05) is 23.2 Å². The van der Waals surface area contributed by atoms with Crippen LogP contribution in [0.5, 0.6) is 0 Å². The first kappa shape index (κ1) is 11.6. The smallest absolute Gasteiger partial charge is 0.354 e. The van der Waals surface area contributed by atoms with Crippen molar-refractivity contribution in [1.82, 2.24) is 0 Å². The Balaban J connectivity index is 2.16. The molecule has 2 rings (SSSR count). The third kappa shape index (κ3) is 2.46. The first-order chi connectivity index (χ1) is 8.22. The summed E-state index contributed by atoms with van der Waals surface area (Å²) in [5, 5.41) is 6.17. The maximum absolute atomic E-state index is 11.5. The summed E-state index contributed by atoms with van der Waals surface area (Å²) >= 11 is 0. The quantitative estimate of drug-likeness (QED) is 0.591. The van der Waals surface area contributed by atoms with Gasteiger partial charge in [-0.2, -0.15) is 5.10 Å². The fourth-order valence-electron chi connectivity index (χ4n) is 1.88. The molecule has 0 amide bonds. The molecule has 0 saturated carbocycles. The highest BCUT2D eigenvalue weighted by Gasteiger charge is 2.19. The molecule has 0 aliphatic carbocycles. The van der Waals surface area contributed by atoms with Gasteiger partial charge in [0.2, 0.25) is 0 Å². The van der Waals surface area contributed by atoms with Crippen molar-refractivity contribution >= 4 is 17.4 Å². The summed E-state index contributed by atoms with van der Waals surface area (Å²) in [5.74, 6) is -0.350. The van der Waals surface area contributed by atoms with Crippen molar-refractivity contribution in [1.29, 1.82) is 0 Å². The van der Waals surface area contributed by atoms with Crippen molar-refractivity contribution in [3.8, 4) is 0 Å². The number of carbonyl (C=O) groups is 1. The summed E-state index contributed by atoms with van der Waals surface area (Å²) in [5.41, 5.74) is 2.74. The fraction of sp³-hybridized carbons (Fsp3) is 0.385. The first-order valence-corrected chi connectivity index (χ1v) is 5.80. The van der Waals surface area contributed by atoms with Gasteiger partial charge in [-0.25, -0.2) is 4.79 Å². The minimum Gasteiger partial charge on any atom is -0.461 e. The van der Waals surface area contributed by atoms with Crippen molar-refractivity contribution in [2.24, 2.45) is 5.10 Å². The molecule has 1 heterocycles. The number of hydrogen-bond donors (Lipinski definition) is 0. The highest BCUT2D eigenvalue weighted by Crippen LogP contribution is 2.27. The van der Waals surface area contributed by atoms with Gasteiger partial charge in [-0.15, -0.1) is 0 Å². The molecule has 17 heavy (non-hydrogen) atoms. The number of ether oxygens (including phenoxy) is 1. The summed E-state index contributed by atoms with van der Waals surface area (Å²) < 4.78 is 4.91. The highest BCUT2D eigenvalue weighted by atomic mass is 16.5. The second-order valence-electron chi connectivity index (χ2n) is 3.91. The summed E-state index contributed by atoms with van der Waals surface area (Å²) in [4.78, 5) is 11.5. The number of rotatable bonds is 3. The number of benzene rings is 1. The Kier molecular flexibility index (Phi) is 3.42. The molecule has 1 aromatic carbocycles. The molecule has 0 N–H and O–H groups in total. The molecule has 0 fully saturated rings. The van der Waals surface area contributed by atoms with E-state index in [0.717, 1.165) is 18.7 Å². The zero-order valence-corrected chi connectivity index (χ0v) is 10.1. The Hall–Kier alpha value is -1.84. The predicted molar refractivity (Wildman–Crippen MR) is 67.2 cm³/mol. The monoisotopic (exact) mass is 232 g/mol. The van der Waals surface area contributed by atoms with Gasteiger partial charge in [0.1, 0.15) is 5.71 Å². The Morgan fingerprint density at radius 3 is 3.00 bits per heavy atom. The van der Waals surface area contributed by atoms with Crippen LogP contribution in [0, 0.1) is 0 Å². The molecule has 0 atom stereocenters. The lowest BCUT2D eigenvalue weighted by Gasteiger charge is -2.13. The average Bonchev–Trinajstić information content (AvgIpc) is 2.73. The van der Waals surface area contributed by atoms with Crippen LogP contribution in [0.4, 0.5) is 5.69 Å². The molecule has 0 bridgehead atoms. The number of nitrogens with zero attached hydrogens (tertiary/aromatic N) is 2. The fourth-order valence-corrected chi connectivity index (χ4v) is 1.88. The van der Waals surface area contributed by atoms with Gasteiger partial charge < -0.3 is 4.74 Å². The largest absolute Gasteiger partial charge is 0.461 e.